The molecule has 154 valence electrons. The summed E-state index contributed by atoms with van der Waals surface area (Å²) in [5.74, 6) is 1.64. The molecule has 7 heteroatoms. The highest BCUT2D eigenvalue weighted by atomic mass is 127. The summed E-state index contributed by atoms with van der Waals surface area (Å²) in [4.78, 5) is 9.54. The third kappa shape index (κ3) is 7.48. The Hall–Kier alpha value is -0.120. The van der Waals surface area contributed by atoms with Crippen LogP contribution >= 0.6 is 24.0 Å². The first kappa shape index (κ1) is 23.9. The van der Waals surface area contributed by atoms with Gasteiger partial charge in [0.25, 0.3) is 0 Å². The van der Waals surface area contributed by atoms with Crippen LogP contribution in [-0.4, -0.2) is 86.9 Å². The van der Waals surface area contributed by atoms with Crippen molar-refractivity contribution in [1.29, 1.82) is 0 Å². The summed E-state index contributed by atoms with van der Waals surface area (Å²) in [6, 6.07) is 0.633. The number of rotatable bonds is 7. The second-order valence-electron chi connectivity index (χ2n) is 8.40. The molecule has 2 N–H and O–H groups in total. The Balaban J connectivity index is 0.00000338. The molecule has 0 spiro atoms. The molecular weight excluding hydrogens is 441 g/mol. The molecule has 0 bridgehead atoms. The Morgan fingerprint density at radius 1 is 1.19 bits per heavy atom. The third-order valence-corrected chi connectivity index (χ3v) is 5.38. The molecule has 2 aliphatic heterocycles. The maximum absolute atomic E-state index is 5.47. The highest BCUT2D eigenvalue weighted by molar-refractivity contribution is 14.0. The number of nitrogens with zero attached hydrogens (tertiary/aromatic N) is 3. The van der Waals surface area contributed by atoms with Crippen LogP contribution in [0.5, 0.6) is 0 Å². The topological polar surface area (TPSA) is 52.1 Å². The van der Waals surface area contributed by atoms with Crippen LogP contribution in [0.4, 0.5) is 0 Å². The molecule has 6 nitrogen and oxygen atoms in total. The number of morpholine rings is 1. The summed E-state index contributed by atoms with van der Waals surface area (Å²) in [7, 11) is 1.86. The maximum Gasteiger partial charge on any atom is 0.191 e. The molecule has 0 saturated carbocycles. The van der Waals surface area contributed by atoms with E-state index in [1.54, 1.807) is 0 Å². The van der Waals surface area contributed by atoms with Gasteiger partial charge in [-0.25, -0.2) is 0 Å². The predicted octanol–water partition coefficient (Wildman–Crippen LogP) is 2.00. The molecule has 0 amide bonds. The lowest BCUT2D eigenvalue weighted by Crippen LogP contribution is -2.57. The Morgan fingerprint density at radius 3 is 2.50 bits per heavy atom. The largest absolute Gasteiger partial charge is 0.379 e. The molecule has 2 rings (SSSR count). The van der Waals surface area contributed by atoms with Gasteiger partial charge < -0.3 is 15.4 Å². The fourth-order valence-corrected chi connectivity index (χ4v) is 3.85. The zero-order valence-electron chi connectivity index (χ0n) is 17.4. The van der Waals surface area contributed by atoms with Gasteiger partial charge >= 0.3 is 0 Å². The standard InChI is InChI=1S/C19H39N5O.HI/c1-16(2)14-23-8-6-7-17(23)13-21-18(20-5)22-15-19(3,4)24-9-11-25-12-10-24;/h16-17H,6-15H2,1-5H3,(H2,20,21,22);1H/t17-;/m1./s1. The minimum Gasteiger partial charge on any atom is -0.379 e. The summed E-state index contributed by atoms with van der Waals surface area (Å²) >= 11 is 0. The first-order valence-corrected chi connectivity index (χ1v) is 9.93. The molecular formula is C19H40IN5O. The number of halogens is 1. The molecule has 2 saturated heterocycles. The van der Waals surface area contributed by atoms with Crippen LogP contribution in [0.2, 0.25) is 0 Å². The van der Waals surface area contributed by atoms with Gasteiger partial charge in [0.05, 0.1) is 13.2 Å². The van der Waals surface area contributed by atoms with Gasteiger partial charge in [-0.15, -0.1) is 24.0 Å². The van der Waals surface area contributed by atoms with E-state index in [1.165, 1.54) is 25.9 Å². The summed E-state index contributed by atoms with van der Waals surface area (Å²) in [6.07, 6.45) is 2.60. The van der Waals surface area contributed by atoms with E-state index in [9.17, 15) is 0 Å². The first-order chi connectivity index (χ1) is 11.9. The molecule has 0 aromatic carbocycles. The van der Waals surface area contributed by atoms with Crippen molar-refractivity contribution in [2.75, 3.05) is 59.5 Å². The summed E-state index contributed by atoms with van der Waals surface area (Å²) in [5, 5.41) is 7.07. The Labute approximate surface area is 177 Å². The smallest absolute Gasteiger partial charge is 0.191 e. The first-order valence-electron chi connectivity index (χ1n) is 9.93. The number of hydrogen-bond donors (Lipinski definition) is 2. The van der Waals surface area contributed by atoms with E-state index >= 15 is 0 Å². The Kier molecular flexibility index (Phi) is 10.7. The number of ether oxygens (including phenoxy) is 1. The molecule has 1 atom stereocenters. The van der Waals surface area contributed by atoms with Gasteiger partial charge in [0.1, 0.15) is 0 Å². The average molecular weight is 481 g/mol. The van der Waals surface area contributed by atoms with Crippen molar-refractivity contribution in [3.8, 4) is 0 Å². The van der Waals surface area contributed by atoms with Gasteiger partial charge in [0, 0.05) is 51.4 Å². The van der Waals surface area contributed by atoms with Crippen LogP contribution in [0, 0.1) is 5.92 Å². The SMILES string of the molecule is CN=C(NC[C@H]1CCCN1CC(C)C)NCC(C)(C)N1CCOCC1.I. The van der Waals surface area contributed by atoms with Crippen LogP contribution in [0.15, 0.2) is 4.99 Å². The van der Waals surface area contributed by atoms with Crippen LogP contribution in [0.1, 0.15) is 40.5 Å². The van der Waals surface area contributed by atoms with Gasteiger partial charge in [-0.05, 0) is 39.2 Å². The van der Waals surface area contributed by atoms with E-state index in [0.29, 0.717) is 6.04 Å². The summed E-state index contributed by atoms with van der Waals surface area (Å²) in [5.41, 5.74) is 0.0957. The molecule has 0 unspecified atom stereocenters. The van der Waals surface area contributed by atoms with E-state index in [2.05, 4.69) is 53.1 Å². The van der Waals surface area contributed by atoms with E-state index in [0.717, 1.165) is 51.3 Å². The minimum absolute atomic E-state index is 0. The molecule has 0 aromatic rings. The second kappa shape index (κ2) is 11.7. The zero-order valence-corrected chi connectivity index (χ0v) is 19.7. The number of aliphatic imine (C=N–C) groups is 1. The molecule has 2 aliphatic rings. The zero-order chi connectivity index (χ0) is 18.3. The normalized spacial score (nSPS) is 23.2. The second-order valence-corrected chi connectivity index (χ2v) is 8.40. The number of likely N-dealkylation sites (tertiary alicyclic amines) is 1. The highest BCUT2D eigenvalue weighted by Crippen LogP contribution is 2.18. The van der Waals surface area contributed by atoms with Crippen molar-refractivity contribution >= 4 is 29.9 Å². The van der Waals surface area contributed by atoms with Crippen LogP contribution < -0.4 is 10.6 Å². The number of hydrogen-bond acceptors (Lipinski definition) is 4. The van der Waals surface area contributed by atoms with E-state index in [1.807, 2.05) is 7.05 Å². The lowest BCUT2D eigenvalue weighted by molar-refractivity contribution is -0.00834. The summed E-state index contributed by atoms with van der Waals surface area (Å²) < 4.78 is 5.47. The van der Waals surface area contributed by atoms with Gasteiger partial charge in [-0.1, -0.05) is 13.8 Å². The maximum atomic E-state index is 5.47. The van der Waals surface area contributed by atoms with E-state index < -0.39 is 0 Å². The lowest BCUT2D eigenvalue weighted by Gasteiger charge is -2.41. The minimum atomic E-state index is 0. The van der Waals surface area contributed by atoms with Crippen LogP contribution in [0.25, 0.3) is 0 Å². The van der Waals surface area contributed by atoms with Crippen molar-refractivity contribution in [2.24, 2.45) is 10.9 Å². The van der Waals surface area contributed by atoms with Crippen molar-refractivity contribution in [2.45, 2.75) is 52.1 Å². The molecule has 0 aromatic heterocycles. The molecule has 26 heavy (non-hydrogen) atoms. The van der Waals surface area contributed by atoms with Gasteiger partial charge in [0.15, 0.2) is 5.96 Å². The van der Waals surface area contributed by atoms with Crippen molar-refractivity contribution in [3.05, 3.63) is 0 Å². The molecule has 0 aliphatic carbocycles. The quantitative estimate of drug-likeness (QED) is 0.331. The van der Waals surface area contributed by atoms with Crippen molar-refractivity contribution in [3.63, 3.8) is 0 Å². The fourth-order valence-electron chi connectivity index (χ4n) is 3.85. The number of guanidine groups is 1. The lowest BCUT2D eigenvalue weighted by atomic mass is 10.0. The Morgan fingerprint density at radius 2 is 1.88 bits per heavy atom. The van der Waals surface area contributed by atoms with Gasteiger partial charge in [0.2, 0.25) is 0 Å². The molecule has 2 fully saturated rings. The molecule has 0 radical (unpaired) electrons. The average Bonchev–Trinajstić information content (AvgIpc) is 3.02. The van der Waals surface area contributed by atoms with Gasteiger partial charge in [-0.2, -0.15) is 0 Å². The van der Waals surface area contributed by atoms with Gasteiger partial charge in [-0.3, -0.25) is 14.8 Å². The highest BCUT2D eigenvalue weighted by Gasteiger charge is 2.29. The monoisotopic (exact) mass is 481 g/mol. The number of nitrogens with one attached hydrogen (secondary N) is 2. The van der Waals surface area contributed by atoms with E-state index in [4.69, 9.17) is 4.74 Å². The van der Waals surface area contributed by atoms with Crippen LogP contribution in [-0.2, 0) is 4.74 Å². The van der Waals surface area contributed by atoms with Crippen LogP contribution in [0.3, 0.4) is 0 Å². The van der Waals surface area contributed by atoms with Crippen molar-refractivity contribution < 1.29 is 4.74 Å². The Bertz CT molecular complexity index is 424. The summed E-state index contributed by atoms with van der Waals surface area (Å²) in [6.45, 7) is 17.2. The van der Waals surface area contributed by atoms with E-state index in [-0.39, 0.29) is 29.5 Å². The fraction of sp³-hybridized carbons (Fsp3) is 0.947. The predicted molar refractivity (Wildman–Crippen MR) is 121 cm³/mol. The van der Waals surface area contributed by atoms with Crippen molar-refractivity contribution in [1.82, 2.24) is 20.4 Å². The third-order valence-electron chi connectivity index (χ3n) is 5.38. The molecule has 2 heterocycles.